The third-order valence-electron chi connectivity index (χ3n) is 20.8. The second-order valence-electron chi connectivity index (χ2n) is 32.3. The molecule has 0 aromatic heterocycles. The molecule has 5 aliphatic rings. The van der Waals surface area contributed by atoms with Crippen molar-refractivity contribution in [2.24, 2.45) is 11.3 Å². The van der Waals surface area contributed by atoms with Crippen molar-refractivity contribution in [3.8, 4) is 0 Å². The lowest BCUT2D eigenvalue weighted by Gasteiger charge is -2.43. The average Bonchev–Trinajstić information content (AvgIpc) is 1.17. The van der Waals surface area contributed by atoms with Crippen molar-refractivity contribution in [3.05, 3.63) is 136 Å². The monoisotopic (exact) mass is 1450 g/mol. The maximum Gasteiger partial charge on any atom is 0.410 e. The lowest BCUT2D eigenvalue weighted by molar-refractivity contribution is -0.146. The number of carbonyl (C=O) groups is 11. The molecule has 23 nitrogen and oxygen atoms in total. The largest absolute Gasteiger partial charge is 0.444 e. The molecular weight excluding hydrogens is 1340 g/mol. The van der Waals surface area contributed by atoms with Crippen molar-refractivity contribution in [1.29, 1.82) is 0 Å². The summed E-state index contributed by atoms with van der Waals surface area (Å²) in [6.07, 6.45) is 6.08. The van der Waals surface area contributed by atoms with Crippen molar-refractivity contribution in [3.63, 3.8) is 0 Å². The quantitative estimate of drug-likeness (QED) is 0.0519. The molecule has 0 bridgehead atoms. The number of benzene rings is 4. The van der Waals surface area contributed by atoms with Gasteiger partial charge in [0, 0.05) is 86.6 Å². The third kappa shape index (κ3) is 19.8. The van der Waals surface area contributed by atoms with Crippen LogP contribution in [-0.2, 0) is 68.8 Å². The van der Waals surface area contributed by atoms with Gasteiger partial charge in [-0.25, -0.2) is 9.59 Å². The first-order valence-electron chi connectivity index (χ1n) is 36.8. The van der Waals surface area contributed by atoms with Crippen molar-refractivity contribution in [2.75, 3.05) is 44.8 Å². The molecule has 0 spiro atoms. The number of anilines is 1. The molecule has 3 aliphatic heterocycles. The van der Waals surface area contributed by atoms with E-state index in [1.54, 1.807) is 74.4 Å². The summed E-state index contributed by atoms with van der Waals surface area (Å²) in [4.78, 5) is 165. The van der Waals surface area contributed by atoms with E-state index in [2.05, 4.69) is 32.7 Å². The van der Waals surface area contributed by atoms with Crippen LogP contribution in [0.4, 0.5) is 15.3 Å². The minimum atomic E-state index is -1.35. The molecule has 2 aliphatic carbocycles. The summed E-state index contributed by atoms with van der Waals surface area (Å²) in [6.45, 7) is 23.7. The van der Waals surface area contributed by atoms with E-state index in [-0.39, 0.29) is 78.9 Å². The molecule has 24 heteroatoms. The Bertz CT molecular complexity index is 3870. The zero-order valence-electron chi connectivity index (χ0n) is 63.3. The lowest BCUT2D eigenvalue weighted by atomic mass is 9.76. The van der Waals surface area contributed by atoms with Crippen molar-refractivity contribution in [1.82, 2.24) is 45.8 Å². The van der Waals surface area contributed by atoms with Crippen molar-refractivity contribution >= 4 is 82.7 Å². The van der Waals surface area contributed by atoms with Gasteiger partial charge in [-0.3, -0.25) is 48.1 Å². The molecule has 0 saturated carbocycles. The van der Waals surface area contributed by atoms with Crippen LogP contribution >= 0.6 is 11.8 Å². The number of fused-ring (bicyclic) bond motifs is 3. The minimum Gasteiger partial charge on any atom is -0.444 e. The number of rotatable bonds is 21. The minimum absolute atomic E-state index is 0.0135. The Morgan fingerprint density at radius 2 is 1.11 bits per heavy atom. The van der Waals surface area contributed by atoms with Gasteiger partial charge in [0.15, 0.2) is 5.78 Å². The van der Waals surface area contributed by atoms with Gasteiger partial charge in [0.25, 0.3) is 11.8 Å². The van der Waals surface area contributed by atoms with Gasteiger partial charge in [0.1, 0.15) is 35.4 Å². The summed E-state index contributed by atoms with van der Waals surface area (Å²) in [6, 6.07) is 20.4. The molecule has 4 aromatic rings. The number of ether oxygens (including phenoxy) is 2. The molecule has 104 heavy (non-hydrogen) atoms. The van der Waals surface area contributed by atoms with Crippen LogP contribution in [0.15, 0.2) is 91.0 Å². The van der Waals surface area contributed by atoms with Gasteiger partial charge in [-0.1, -0.05) is 75.4 Å². The first-order valence-corrected chi connectivity index (χ1v) is 37.7. The number of aryl methyl sites for hydroxylation is 2. The van der Waals surface area contributed by atoms with Crippen LogP contribution < -0.4 is 26.6 Å². The van der Waals surface area contributed by atoms with E-state index in [0.717, 1.165) is 77.7 Å². The normalized spacial score (nSPS) is 20.1. The molecule has 3 unspecified atom stereocenters. The standard InChI is InChI=1S/C80H108N10O13S/c1-48(86(14)75(100)102-78(6,7)8)65(91)44-60(77(3,4)5)73(98)90-46-57(43-64(90)72(97)84-62-32-24-28-51-26-18-20-30-59(51)62)82-70(95)53-35-33-52(34-36-53)69(94)81-56-38-37-54-42-63(71(96)83-61-31-23-27-50-25-17-19-29-58(50)61)89(45-55(54)41-56)74(99)67(80(12,13)104-47-66(92)88-39-21-16-22-40-88)85-68(93)49(2)87(15)76(101)103-79(9,10)11/h17-20,25-26,29-30,33-38,41,48-49,57,60-64,67H,16,21-24,27-28,31-32,39-40,42-47H2,1-15H3,(H,81,94)(H,82,95)(H,83,96)(H,84,97)(H,85,93)/t48-,49-,57?,60+,61+,62?,63?,64-,67+/m0/s1. The summed E-state index contributed by atoms with van der Waals surface area (Å²) >= 11 is 1.23. The van der Waals surface area contributed by atoms with Crippen LogP contribution in [0.2, 0.25) is 0 Å². The maximum absolute atomic E-state index is 15.9. The van der Waals surface area contributed by atoms with Gasteiger partial charge < -0.3 is 55.7 Å². The number of ketones is 1. The van der Waals surface area contributed by atoms with Gasteiger partial charge in [-0.05, 0) is 209 Å². The van der Waals surface area contributed by atoms with Crippen molar-refractivity contribution < 1.29 is 62.2 Å². The fraction of sp³-hybridized carbons (Fsp3) is 0.562. The topological polar surface area (TPSA) is 283 Å². The first kappa shape index (κ1) is 79.3. The molecule has 5 N–H and O–H groups in total. The van der Waals surface area contributed by atoms with Crippen LogP contribution in [0.25, 0.3) is 0 Å². The highest BCUT2D eigenvalue weighted by molar-refractivity contribution is 8.01. The molecule has 2 saturated heterocycles. The van der Waals surface area contributed by atoms with Crippen LogP contribution in [0.1, 0.15) is 214 Å². The Balaban J connectivity index is 0.938. The Labute approximate surface area is 617 Å². The van der Waals surface area contributed by atoms with E-state index < -0.39 is 111 Å². The van der Waals surface area contributed by atoms with Crippen LogP contribution in [0.3, 0.4) is 0 Å². The first-order chi connectivity index (χ1) is 48.9. The highest BCUT2D eigenvalue weighted by Crippen LogP contribution is 2.39. The fourth-order valence-electron chi connectivity index (χ4n) is 14.4. The second-order valence-corrected chi connectivity index (χ2v) is 33.9. The van der Waals surface area contributed by atoms with Crippen LogP contribution in [-0.4, -0.2) is 181 Å². The number of nitrogens with one attached hydrogen (secondary N) is 5. The number of hydrogen-bond acceptors (Lipinski definition) is 14. The Hall–Kier alpha value is -8.80. The molecule has 4 aromatic carbocycles. The number of amides is 10. The second kappa shape index (κ2) is 33.1. The lowest BCUT2D eigenvalue weighted by Crippen LogP contribution is -2.64. The van der Waals surface area contributed by atoms with Gasteiger partial charge in [0.2, 0.25) is 35.4 Å². The predicted molar refractivity (Wildman–Crippen MR) is 399 cm³/mol. The van der Waals surface area contributed by atoms with Gasteiger partial charge in [-0.2, -0.15) is 0 Å². The summed E-state index contributed by atoms with van der Waals surface area (Å²) in [5, 5.41) is 15.5. The van der Waals surface area contributed by atoms with E-state index in [1.807, 2.05) is 74.2 Å². The maximum atomic E-state index is 15.9. The van der Waals surface area contributed by atoms with Crippen LogP contribution in [0, 0.1) is 11.3 Å². The zero-order valence-corrected chi connectivity index (χ0v) is 64.1. The molecule has 9 atom stereocenters. The molecule has 0 radical (unpaired) electrons. The molecular formula is C80H108N10O13S. The van der Waals surface area contributed by atoms with E-state index in [4.69, 9.17) is 9.47 Å². The molecule has 10 amide bonds. The highest BCUT2D eigenvalue weighted by Gasteiger charge is 2.49. The number of carbonyl (C=O) groups excluding carboxylic acids is 11. The number of likely N-dealkylation sites (tertiary alicyclic amines) is 2. The van der Waals surface area contributed by atoms with Gasteiger partial charge in [-0.15, -0.1) is 11.8 Å². The Morgan fingerprint density at radius 1 is 0.577 bits per heavy atom. The number of Topliss-reactive ketones (excluding diaryl/α,β-unsaturated/α-hetero) is 1. The number of nitrogens with zero attached hydrogens (tertiary/aromatic N) is 5. The third-order valence-corrected chi connectivity index (χ3v) is 22.2. The number of hydrogen-bond donors (Lipinski definition) is 5. The number of likely N-dealkylation sites (N-methyl/N-ethyl adjacent to an activating group) is 2. The van der Waals surface area contributed by atoms with E-state index in [1.165, 1.54) is 71.7 Å². The average molecular weight is 1450 g/mol. The van der Waals surface area contributed by atoms with Gasteiger partial charge in [0.05, 0.1) is 23.9 Å². The van der Waals surface area contributed by atoms with E-state index in [0.29, 0.717) is 37.2 Å². The zero-order chi connectivity index (χ0) is 75.9. The molecule has 2 fully saturated rings. The molecule has 9 rings (SSSR count). The summed E-state index contributed by atoms with van der Waals surface area (Å²) in [5.41, 5.74) is 3.96. The fourth-order valence-corrected chi connectivity index (χ4v) is 15.4. The SMILES string of the molecule is C[C@@H](C(=O)C[C@H](C(=O)N1CC(NC(=O)c2ccc(C(=O)Nc3ccc4c(c3)CN(C(=O)[C@@H](NC(=O)[C@H](C)N(C)C(=O)OC(C)(C)C)C(C)(C)SCC(=O)N3CCCCC3)C(C(=O)N[C@@H]3CCCc5ccccc53)C4)cc2)C[C@H]1C(=O)NC1CCCc2ccccc21)C(C)(C)C)N(C)C(=O)OC(C)(C)C. The van der Waals surface area contributed by atoms with Crippen LogP contribution in [0.5, 0.6) is 0 Å². The Kier molecular flexibility index (Phi) is 25.3. The Morgan fingerprint density at radius 3 is 1.65 bits per heavy atom. The van der Waals surface area contributed by atoms with E-state index in [9.17, 15) is 38.4 Å². The number of thioether (sulfide) groups is 1. The van der Waals surface area contributed by atoms with E-state index >= 15 is 14.4 Å². The summed E-state index contributed by atoms with van der Waals surface area (Å²) in [7, 11) is 2.91. The summed E-state index contributed by atoms with van der Waals surface area (Å²) < 4.78 is 9.97. The van der Waals surface area contributed by atoms with Gasteiger partial charge >= 0.3 is 12.2 Å². The molecule has 3 heterocycles. The summed E-state index contributed by atoms with van der Waals surface area (Å²) in [5.74, 6) is -4.88. The smallest absolute Gasteiger partial charge is 0.410 e. The van der Waals surface area contributed by atoms with Crippen molar-refractivity contribution in [2.45, 2.75) is 238 Å². The predicted octanol–water partition coefficient (Wildman–Crippen LogP) is 10.4. The number of piperidine rings is 1. The molecule has 562 valence electrons. The highest BCUT2D eigenvalue weighted by atomic mass is 32.2.